The first kappa shape index (κ1) is 29.9. The lowest BCUT2D eigenvalue weighted by Gasteiger charge is -2.47. The van der Waals surface area contributed by atoms with E-state index in [-0.39, 0.29) is 18.1 Å². The molecule has 0 aliphatic carbocycles. The van der Waals surface area contributed by atoms with Gasteiger partial charge in [0, 0.05) is 17.9 Å². The van der Waals surface area contributed by atoms with E-state index in [1.165, 1.54) is 0 Å². The van der Waals surface area contributed by atoms with Crippen molar-refractivity contribution in [1.82, 2.24) is 4.90 Å². The van der Waals surface area contributed by atoms with Crippen molar-refractivity contribution < 1.29 is 38.7 Å². The van der Waals surface area contributed by atoms with Crippen LogP contribution >= 0.6 is 0 Å². The zero-order valence-electron chi connectivity index (χ0n) is 24.8. The largest absolute Gasteiger partial charge is 0.459 e. The third-order valence-corrected chi connectivity index (χ3v) is 9.50. The number of aliphatic hydroxyl groups excluding tert-OH is 2. The topological polar surface area (TPSA) is 107 Å². The molecule has 0 radical (unpaired) electrons. The Labute approximate surface area is 227 Å². The van der Waals surface area contributed by atoms with Crippen molar-refractivity contribution in [2.75, 3.05) is 14.1 Å². The smallest absolute Gasteiger partial charge is 0.311 e. The second kappa shape index (κ2) is 10.4. The van der Waals surface area contributed by atoms with Crippen LogP contribution in [0, 0.1) is 17.8 Å². The SMILES string of the molecule is CC[C@H]1OC(=O)[C@H](C)[C@@H](O)[C@H](C)[C@@H](O[C@@H]2O[C@H](C)C[C@H](N(C)C)[C@H]2O)[C@@]2(C)CC(C)C3(OC1(C)C=C3C)O2. The van der Waals surface area contributed by atoms with Gasteiger partial charge in [-0.1, -0.05) is 20.8 Å². The molecule has 9 heteroatoms. The van der Waals surface area contributed by atoms with E-state index in [4.69, 9.17) is 23.7 Å². The molecule has 3 fully saturated rings. The monoisotopic (exact) mass is 539 g/mol. The number of hydrogen-bond acceptors (Lipinski definition) is 9. The number of rotatable bonds is 4. The summed E-state index contributed by atoms with van der Waals surface area (Å²) in [5, 5.41) is 22.7. The molecule has 0 aromatic heterocycles. The molecule has 4 aliphatic rings. The minimum Gasteiger partial charge on any atom is -0.459 e. The lowest BCUT2D eigenvalue weighted by molar-refractivity contribution is -0.327. The summed E-state index contributed by atoms with van der Waals surface area (Å²) in [6.07, 6.45) is -0.437. The van der Waals surface area contributed by atoms with Gasteiger partial charge in [-0.15, -0.1) is 0 Å². The Morgan fingerprint density at radius 3 is 2.37 bits per heavy atom. The molecule has 4 aliphatic heterocycles. The molecule has 4 rings (SSSR count). The van der Waals surface area contributed by atoms with Gasteiger partial charge in [-0.25, -0.2) is 0 Å². The van der Waals surface area contributed by atoms with Crippen molar-refractivity contribution in [3.05, 3.63) is 11.6 Å². The summed E-state index contributed by atoms with van der Waals surface area (Å²) in [5.74, 6) is -2.90. The Morgan fingerprint density at radius 1 is 1.11 bits per heavy atom. The van der Waals surface area contributed by atoms with Crippen molar-refractivity contribution in [3.63, 3.8) is 0 Å². The first-order valence-electron chi connectivity index (χ1n) is 14.2. The molecule has 3 bridgehead atoms. The molecule has 0 saturated carbocycles. The average molecular weight is 540 g/mol. The van der Waals surface area contributed by atoms with Crippen molar-refractivity contribution in [3.8, 4) is 0 Å². The number of likely N-dealkylation sites (N-methyl/N-ethyl adjacent to an activating group) is 1. The summed E-state index contributed by atoms with van der Waals surface area (Å²) >= 11 is 0. The summed E-state index contributed by atoms with van der Waals surface area (Å²) in [6, 6.07) is -0.151. The van der Waals surface area contributed by atoms with Crippen LogP contribution in [-0.4, -0.2) is 95.0 Å². The minimum atomic E-state index is -1.07. The quantitative estimate of drug-likeness (QED) is 0.412. The van der Waals surface area contributed by atoms with Gasteiger partial charge in [-0.3, -0.25) is 4.79 Å². The van der Waals surface area contributed by atoms with Crippen LogP contribution in [0.25, 0.3) is 0 Å². The summed E-state index contributed by atoms with van der Waals surface area (Å²) in [6.45, 7) is 15.5. The number of hydrogen-bond donors (Lipinski definition) is 2. The van der Waals surface area contributed by atoms with E-state index in [1.807, 2.05) is 66.6 Å². The molecule has 0 amide bonds. The summed E-state index contributed by atoms with van der Waals surface area (Å²) < 4.78 is 32.4. The molecule has 3 saturated heterocycles. The predicted octanol–water partition coefficient (Wildman–Crippen LogP) is 3.01. The van der Waals surface area contributed by atoms with Crippen LogP contribution in [0.1, 0.15) is 74.7 Å². The minimum absolute atomic E-state index is 0.0435. The Morgan fingerprint density at radius 2 is 1.76 bits per heavy atom. The Kier molecular flexibility index (Phi) is 8.18. The number of ether oxygens (including phenoxy) is 5. The number of carbonyl (C=O) groups is 1. The van der Waals surface area contributed by atoms with Crippen LogP contribution in [0.15, 0.2) is 11.6 Å². The molecule has 2 N–H and O–H groups in total. The maximum atomic E-state index is 13.3. The van der Waals surface area contributed by atoms with Gasteiger partial charge in [0.05, 0.1) is 29.8 Å². The molecule has 13 atom stereocenters. The second-order valence-electron chi connectivity index (χ2n) is 12.9. The van der Waals surface area contributed by atoms with Gasteiger partial charge < -0.3 is 38.8 Å². The van der Waals surface area contributed by atoms with Gasteiger partial charge in [-0.2, -0.15) is 0 Å². The molecular formula is C29H49NO8. The highest BCUT2D eigenvalue weighted by Gasteiger charge is 2.64. The normalized spacial score (nSPS) is 51.8. The maximum Gasteiger partial charge on any atom is 0.311 e. The van der Waals surface area contributed by atoms with Crippen molar-refractivity contribution >= 4 is 5.97 Å². The van der Waals surface area contributed by atoms with Gasteiger partial charge in [0.25, 0.3) is 0 Å². The van der Waals surface area contributed by atoms with E-state index in [1.54, 1.807) is 6.92 Å². The van der Waals surface area contributed by atoms with Crippen LogP contribution in [0.5, 0.6) is 0 Å². The van der Waals surface area contributed by atoms with Gasteiger partial charge in [-0.05, 0) is 79.6 Å². The lowest BCUT2D eigenvalue weighted by atomic mass is 9.78. The lowest BCUT2D eigenvalue weighted by Crippen LogP contribution is -2.59. The third kappa shape index (κ3) is 4.86. The first-order chi connectivity index (χ1) is 17.6. The zero-order chi connectivity index (χ0) is 28.4. The van der Waals surface area contributed by atoms with Crippen LogP contribution in [0.4, 0.5) is 0 Å². The van der Waals surface area contributed by atoms with Crippen molar-refractivity contribution in [2.24, 2.45) is 17.8 Å². The highest BCUT2D eigenvalue weighted by molar-refractivity contribution is 5.73. The molecule has 1 spiro atoms. The third-order valence-electron chi connectivity index (χ3n) is 9.50. The summed E-state index contributed by atoms with van der Waals surface area (Å²) in [7, 11) is 3.86. The Hall–Kier alpha value is -1.07. The highest BCUT2D eigenvalue weighted by atomic mass is 16.8. The van der Waals surface area contributed by atoms with E-state index in [0.29, 0.717) is 19.3 Å². The standard InChI is InChI=1S/C29H49NO8/c1-11-21-27(7)13-15(2)29(37-27)16(3)14-28(8,38-29)24(18(5)22(31)19(6)25(33)35-21)36-26-23(32)20(30(9)10)12-17(4)34-26/h13,16-24,26,31-32H,11-12,14H2,1-10H3/t16?,17-,18+,19-,20+,21-,22+,23-,24-,26+,27?,28-,29?/m1/s1. The molecule has 0 aromatic carbocycles. The van der Waals surface area contributed by atoms with E-state index in [9.17, 15) is 15.0 Å². The number of fused-ring (bicyclic) bond motifs is 2. The first-order valence-corrected chi connectivity index (χ1v) is 14.2. The Balaban J connectivity index is 1.77. The molecule has 9 nitrogen and oxygen atoms in total. The average Bonchev–Trinajstić information content (AvgIpc) is 3.25. The van der Waals surface area contributed by atoms with Crippen LogP contribution in [-0.2, 0) is 28.5 Å². The van der Waals surface area contributed by atoms with Gasteiger partial charge >= 0.3 is 5.97 Å². The van der Waals surface area contributed by atoms with Gasteiger partial charge in [0.2, 0.25) is 0 Å². The number of cyclic esters (lactones) is 1. The molecule has 0 aromatic rings. The molecule has 38 heavy (non-hydrogen) atoms. The fraction of sp³-hybridized carbons (Fsp3) is 0.897. The number of nitrogens with zero attached hydrogens (tertiary/aromatic N) is 1. The van der Waals surface area contributed by atoms with E-state index >= 15 is 0 Å². The molecule has 218 valence electrons. The van der Waals surface area contributed by atoms with Crippen LogP contribution < -0.4 is 0 Å². The van der Waals surface area contributed by atoms with Crippen LogP contribution in [0.2, 0.25) is 0 Å². The molecule has 3 unspecified atom stereocenters. The fourth-order valence-corrected chi connectivity index (χ4v) is 7.37. The summed E-state index contributed by atoms with van der Waals surface area (Å²) in [5.41, 5.74) is -0.848. The van der Waals surface area contributed by atoms with E-state index < -0.39 is 65.5 Å². The van der Waals surface area contributed by atoms with Gasteiger partial charge in [0.1, 0.15) is 17.8 Å². The zero-order valence-corrected chi connectivity index (χ0v) is 24.8. The predicted molar refractivity (Wildman–Crippen MR) is 141 cm³/mol. The molecule has 4 heterocycles. The van der Waals surface area contributed by atoms with Gasteiger partial charge in [0.15, 0.2) is 12.1 Å². The number of aliphatic hydroxyl groups is 2. The van der Waals surface area contributed by atoms with Crippen molar-refractivity contribution in [1.29, 1.82) is 0 Å². The van der Waals surface area contributed by atoms with Crippen LogP contribution in [0.3, 0.4) is 0 Å². The fourth-order valence-electron chi connectivity index (χ4n) is 7.37. The molecular weight excluding hydrogens is 490 g/mol. The highest BCUT2D eigenvalue weighted by Crippen LogP contribution is 2.56. The second-order valence-corrected chi connectivity index (χ2v) is 12.9. The number of carbonyl (C=O) groups excluding carboxylic acids is 1. The summed E-state index contributed by atoms with van der Waals surface area (Å²) in [4.78, 5) is 15.3. The van der Waals surface area contributed by atoms with E-state index in [2.05, 4.69) is 6.92 Å². The van der Waals surface area contributed by atoms with E-state index in [0.717, 1.165) is 5.57 Å². The maximum absolute atomic E-state index is 13.3. The van der Waals surface area contributed by atoms with Crippen molar-refractivity contribution in [2.45, 2.75) is 134 Å². The Bertz CT molecular complexity index is 926. The number of esters is 1.